The fourth-order valence-electron chi connectivity index (χ4n) is 3.13. The Labute approximate surface area is 142 Å². The standard InChI is InChI=1S/C20H20N4/c1-2-5-15(6-3-1)12-22-19-9-8-16(13-23-19)11-17-14-24-20-18(17)7-4-10-21-20/h1-10,13,17H,11-12,14H2,(H,21,24)(H,22,23). The zero-order chi connectivity index (χ0) is 16.2. The molecule has 4 rings (SSSR count). The van der Waals surface area contributed by atoms with Gasteiger partial charge >= 0.3 is 0 Å². The van der Waals surface area contributed by atoms with E-state index in [1.54, 1.807) is 0 Å². The van der Waals surface area contributed by atoms with E-state index < -0.39 is 0 Å². The van der Waals surface area contributed by atoms with E-state index in [9.17, 15) is 0 Å². The van der Waals surface area contributed by atoms with E-state index >= 15 is 0 Å². The summed E-state index contributed by atoms with van der Waals surface area (Å²) in [5, 5.41) is 6.74. The van der Waals surface area contributed by atoms with Crippen molar-refractivity contribution in [3.63, 3.8) is 0 Å². The van der Waals surface area contributed by atoms with Gasteiger partial charge in [0.15, 0.2) is 0 Å². The highest BCUT2D eigenvalue weighted by Gasteiger charge is 2.22. The van der Waals surface area contributed by atoms with Gasteiger partial charge in [0.05, 0.1) is 0 Å². The van der Waals surface area contributed by atoms with Crippen molar-refractivity contribution in [1.29, 1.82) is 0 Å². The van der Waals surface area contributed by atoms with E-state index in [4.69, 9.17) is 0 Å². The molecule has 4 nitrogen and oxygen atoms in total. The fourth-order valence-corrected chi connectivity index (χ4v) is 3.13. The van der Waals surface area contributed by atoms with Gasteiger partial charge < -0.3 is 10.6 Å². The zero-order valence-electron chi connectivity index (χ0n) is 13.4. The lowest BCUT2D eigenvalue weighted by Gasteiger charge is -2.11. The van der Waals surface area contributed by atoms with Crippen LogP contribution in [0.4, 0.5) is 11.6 Å². The van der Waals surface area contributed by atoms with Gasteiger partial charge in [0, 0.05) is 31.4 Å². The second-order valence-electron chi connectivity index (χ2n) is 6.11. The Balaban J connectivity index is 1.38. The fraction of sp³-hybridized carbons (Fsp3) is 0.200. The van der Waals surface area contributed by atoms with Gasteiger partial charge in [-0.05, 0) is 35.2 Å². The van der Waals surface area contributed by atoms with E-state index in [0.717, 1.165) is 31.1 Å². The average Bonchev–Trinajstić information content (AvgIpc) is 3.05. The highest BCUT2D eigenvalue weighted by molar-refractivity contribution is 5.52. The third kappa shape index (κ3) is 3.23. The number of anilines is 2. The summed E-state index contributed by atoms with van der Waals surface area (Å²) in [5.41, 5.74) is 3.82. The van der Waals surface area contributed by atoms with Crippen LogP contribution in [0.2, 0.25) is 0 Å². The largest absolute Gasteiger partial charge is 0.369 e. The molecule has 0 bridgehead atoms. The Bertz CT molecular complexity index is 799. The molecule has 24 heavy (non-hydrogen) atoms. The van der Waals surface area contributed by atoms with Gasteiger partial charge in [-0.2, -0.15) is 0 Å². The minimum absolute atomic E-state index is 0.471. The minimum atomic E-state index is 0.471. The molecule has 0 fully saturated rings. The molecule has 0 saturated carbocycles. The minimum Gasteiger partial charge on any atom is -0.369 e. The maximum atomic E-state index is 4.54. The van der Waals surface area contributed by atoms with Crippen LogP contribution in [0, 0.1) is 0 Å². The van der Waals surface area contributed by atoms with E-state index in [1.165, 1.54) is 16.7 Å². The number of aromatic nitrogens is 2. The average molecular weight is 316 g/mol. The molecular weight excluding hydrogens is 296 g/mol. The summed E-state index contributed by atoms with van der Waals surface area (Å²) < 4.78 is 0. The molecule has 1 unspecified atom stereocenters. The molecular formula is C20H20N4. The van der Waals surface area contributed by atoms with Crippen LogP contribution >= 0.6 is 0 Å². The molecule has 3 heterocycles. The van der Waals surface area contributed by atoms with Crippen molar-refractivity contribution >= 4 is 11.6 Å². The van der Waals surface area contributed by atoms with Crippen LogP contribution < -0.4 is 10.6 Å². The third-order valence-electron chi connectivity index (χ3n) is 4.42. The quantitative estimate of drug-likeness (QED) is 0.751. The van der Waals surface area contributed by atoms with Crippen molar-refractivity contribution in [3.05, 3.63) is 83.7 Å². The van der Waals surface area contributed by atoms with Crippen molar-refractivity contribution in [2.24, 2.45) is 0 Å². The van der Waals surface area contributed by atoms with Crippen LogP contribution in [-0.4, -0.2) is 16.5 Å². The molecule has 1 aromatic carbocycles. The van der Waals surface area contributed by atoms with E-state index in [0.29, 0.717) is 5.92 Å². The van der Waals surface area contributed by atoms with Gasteiger partial charge in [0.25, 0.3) is 0 Å². The number of fused-ring (bicyclic) bond motifs is 1. The number of hydrogen-bond acceptors (Lipinski definition) is 4. The van der Waals surface area contributed by atoms with Crippen molar-refractivity contribution in [1.82, 2.24) is 9.97 Å². The molecule has 2 N–H and O–H groups in total. The molecule has 0 spiro atoms. The van der Waals surface area contributed by atoms with Gasteiger partial charge in [0.2, 0.25) is 0 Å². The molecule has 1 atom stereocenters. The first-order valence-corrected chi connectivity index (χ1v) is 8.30. The van der Waals surface area contributed by atoms with Crippen molar-refractivity contribution in [2.45, 2.75) is 18.9 Å². The lowest BCUT2D eigenvalue weighted by molar-refractivity contribution is 0.749. The summed E-state index contributed by atoms with van der Waals surface area (Å²) in [6.07, 6.45) is 4.79. The lowest BCUT2D eigenvalue weighted by Crippen LogP contribution is -2.06. The Kier molecular flexibility index (Phi) is 4.11. The molecule has 0 saturated heterocycles. The predicted octanol–water partition coefficient (Wildman–Crippen LogP) is 3.84. The zero-order valence-corrected chi connectivity index (χ0v) is 13.4. The topological polar surface area (TPSA) is 49.8 Å². The summed E-state index contributed by atoms with van der Waals surface area (Å²) in [6.45, 7) is 1.74. The number of rotatable bonds is 5. The van der Waals surface area contributed by atoms with Crippen molar-refractivity contribution in [3.8, 4) is 0 Å². The molecule has 0 radical (unpaired) electrons. The summed E-state index contributed by atoms with van der Waals surface area (Å²) in [6, 6.07) is 18.7. The predicted molar refractivity (Wildman–Crippen MR) is 97.2 cm³/mol. The Morgan fingerprint density at radius 2 is 1.88 bits per heavy atom. The highest BCUT2D eigenvalue weighted by Crippen LogP contribution is 2.31. The molecule has 4 heteroatoms. The Hall–Kier alpha value is -2.88. The van der Waals surface area contributed by atoms with E-state index in [-0.39, 0.29) is 0 Å². The Morgan fingerprint density at radius 3 is 2.71 bits per heavy atom. The first-order valence-electron chi connectivity index (χ1n) is 8.30. The van der Waals surface area contributed by atoms with Gasteiger partial charge in [-0.25, -0.2) is 9.97 Å². The Morgan fingerprint density at radius 1 is 0.958 bits per heavy atom. The second-order valence-corrected chi connectivity index (χ2v) is 6.11. The van der Waals surface area contributed by atoms with E-state index in [1.807, 2.05) is 24.5 Å². The summed E-state index contributed by atoms with van der Waals surface area (Å²) >= 11 is 0. The van der Waals surface area contributed by atoms with Gasteiger partial charge in [0.1, 0.15) is 11.6 Å². The number of benzene rings is 1. The first kappa shape index (κ1) is 14.7. The molecule has 1 aliphatic rings. The highest BCUT2D eigenvalue weighted by atomic mass is 15.0. The van der Waals surface area contributed by atoms with Crippen LogP contribution in [0.25, 0.3) is 0 Å². The summed E-state index contributed by atoms with van der Waals surface area (Å²) in [4.78, 5) is 8.93. The van der Waals surface area contributed by atoms with Crippen LogP contribution in [0.1, 0.15) is 22.6 Å². The number of nitrogens with one attached hydrogen (secondary N) is 2. The van der Waals surface area contributed by atoms with Crippen molar-refractivity contribution < 1.29 is 0 Å². The second kappa shape index (κ2) is 6.71. The molecule has 3 aromatic rings. The third-order valence-corrected chi connectivity index (χ3v) is 4.42. The molecule has 1 aliphatic heterocycles. The molecule has 0 amide bonds. The first-order chi connectivity index (χ1) is 11.9. The molecule has 120 valence electrons. The normalized spacial score (nSPS) is 15.6. The lowest BCUT2D eigenvalue weighted by atomic mass is 9.96. The van der Waals surface area contributed by atoms with Crippen LogP contribution in [0.3, 0.4) is 0 Å². The summed E-state index contributed by atoms with van der Waals surface area (Å²) in [7, 11) is 0. The number of pyridine rings is 2. The van der Waals surface area contributed by atoms with Crippen LogP contribution in [0.5, 0.6) is 0 Å². The maximum Gasteiger partial charge on any atom is 0.129 e. The number of hydrogen-bond donors (Lipinski definition) is 2. The molecule has 0 aliphatic carbocycles. The SMILES string of the molecule is c1ccc(CNc2ccc(CC3CNc4ncccc43)cn2)cc1. The maximum absolute atomic E-state index is 4.54. The van der Waals surface area contributed by atoms with Crippen LogP contribution in [-0.2, 0) is 13.0 Å². The van der Waals surface area contributed by atoms with Gasteiger partial charge in [-0.1, -0.05) is 42.5 Å². The van der Waals surface area contributed by atoms with Crippen LogP contribution in [0.15, 0.2) is 67.0 Å². The van der Waals surface area contributed by atoms with E-state index in [2.05, 4.69) is 63.1 Å². The smallest absolute Gasteiger partial charge is 0.129 e. The summed E-state index contributed by atoms with van der Waals surface area (Å²) in [5.74, 6) is 2.41. The monoisotopic (exact) mass is 316 g/mol. The van der Waals surface area contributed by atoms with Gasteiger partial charge in [-0.15, -0.1) is 0 Å². The van der Waals surface area contributed by atoms with Crippen molar-refractivity contribution in [2.75, 3.05) is 17.2 Å². The number of nitrogens with zero attached hydrogens (tertiary/aromatic N) is 2. The van der Waals surface area contributed by atoms with Gasteiger partial charge in [-0.3, -0.25) is 0 Å². The molecule has 2 aromatic heterocycles.